The Morgan fingerprint density at radius 3 is 2.19 bits per heavy atom. The SMILES string of the molecule is C=C(C)C(=O)N1CCN(C(=O)c2ccccc2-c2c3ccc(=[N+](CC)CC)cc-3oc3cc(N(CC)CC)ccc23)CC1. The van der Waals surface area contributed by atoms with E-state index in [0.29, 0.717) is 37.3 Å². The molecule has 0 atom stereocenters. The van der Waals surface area contributed by atoms with Crippen LogP contribution in [0.15, 0.2) is 77.2 Å². The van der Waals surface area contributed by atoms with Crippen molar-refractivity contribution in [1.29, 1.82) is 0 Å². The van der Waals surface area contributed by atoms with Gasteiger partial charge in [0.05, 0.1) is 6.07 Å². The van der Waals surface area contributed by atoms with Crippen molar-refractivity contribution in [3.63, 3.8) is 0 Å². The third kappa shape index (κ3) is 5.81. The van der Waals surface area contributed by atoms with E-state index in [0.717, 1.165) is 70.6 Å². The first-order valence-corrected chi connectivity index (χ1v) is 15.5. The van der Waals surface area contributed by atoms with Gasteiger partial charge in [-0.3, -0.25) is 9.59 Å². The van der Waals surface area contributed by atoms with Gasteiger partial charge in [0.1, 0.15) is 24.4 Å². The minimum Gasteiger partial charge on any atom is -0.456 e. The van der Waals surface area contributed by atoms with E-state index in [9.17, 15) is 9.59 Å². The fourth-order valence-electron chi connectivity index (χ4n) is 6.17. The van der Waals surface area contributed by atoms with Crippen molar-refractivity contribution < 1.29 is 14.0 Å². The Bertz CT molecular complexity index is 1700. The summed E-state index contributed by atoms with van der Waals surface area (Å²) >= 11 is 0. The Morgan fingerprint density at radius 2 is 1.53 bits per heavy atom. The van der Waals surface area contributed by atoms with Gasteiger partial charge in [-0.05, 0) is 64.4 Å². The zero-order chi connectivity index (χ0) is 30.7. The minimum absolute atomic E-state index is 0.0281. The Kier molecular flexibility index (Phi) is 9.00. The Balaban J connectivity index is 1.67. The number of carbonyl (C=O) groups is 2. The summed E-state index contributed by atoms with van der Waals surface area (Å²) in [6.07, 6.45) is 0. The Labute approximate surface area is 254 Å². The molecule has 1 fully saturated rings. The predicted molar refractivity (Wildman–Crippen MR) is 175 cm³/mol. The lowest BCUT2D eigenvalue weighted by Crippen LogP contribution is -2.50. The van der Waals surface area contributed by atoms with Gasteiger partial charge in [0.25, 0.3) is 5.91 Å². The van der Waals surface area contributed by atoms with Gasteiger partial charge in [0.2, 0.25) is 11.3 Å². The average Bonchev–Trinajstić information content (AvgIpc) is 3.04. The first-order chi connectivity index (χ1) is 20.8. The van der Waals surface area contributed by atoms with Gasteiger partial charge in [-0.2, -0.15) is 0 Å². The van der Waals surface area contributed by atoms with Gasteiger partial charge < -0.3 is 19.1 Å². The zero-order valence-electron chi connectivity index (χ0n) is 26.2. The quantitative estimate of drug-likeness (QED) is 0.152. The highest BCUT2D eigenvalue weighted by Crippen LogP contribution is 2.42. The van der Waals surface area contributed by atoms with Crippen molar-refractivity contribution in [2.75, 3.05) is 57.3 Å². The van der Waals surface area contributed by atoms with E-state index < -0.39 is 0 Å². The molecule has 0 aromatic heterocycles. The topological polar surface area (TPSA) is 60.0 Å². The van der Waals surface area contributed by atoms with Crippen LogP contribution in [0, 0.1) is 0 Å². The first-order valence-electron chi connectivity index (χ1n) is 15.5. The van der Waals surface area contributed by atoms with Crippen LogP contribution in [0.4, 0.5) is 5.69 Å². The standard InChI is InChI=1S/C36H43N4O3/c1-7-37(8-2)26-15-17-30-32(23-26)43-33-24-27(38(9-3)10-4)16-18-31(33)34(30)28-13-11-12-14-29(28)36(42)40-21-19-39(20-22-40)35(41)25(5)6/h11-18,23-24H,5,7-10,19-22H2,1-4,6H3/q+1. The number of piperazine rings is 1. The summed E-state index contributed by atoms with van der Waals surface area (Å²) in [7, 11) is 0. The van der Waals surface area contributed by atoms with Crippen LogP contribution in [0.25, 0.3) is 33.4 Å². The molecule has 0 bridgehead atoms. The lowest BCUT2D eigenvalue weighted by atomic mass is 9.90. The molecular weight excluding hydrogens is 536 g/mol. The predicted octanol–water partition coefficient (Wildman–Crippen LogP) is 5.72. The molecule has 3 aliphatic rings. The number of rotatable bonds is 8. The van der Waals surface area contributed by atoms with Gasteiger partial charge in [-0.25, -0.2) is 4.58 Å². The fraction of sp³-hybridized carbons (Fsp3) is 0.361. The second-order valence-electron chi connectivity index (χ2n) is 11.1. The molecule has 0 N–H and O–H groups in total. The Hall–Kier alpha value is -4.39. The van der Waals surface area contributed by atoms with Crippen LogP contribution in [-0.2, 0) is 4.79 Å². The molecule has 0 spiro atoms. The van der Waals surface area contributed by atoms with Gasteiger partial charge in [0.15, 0.2) is 0 Å². The fourth-order valence-corrected chi connectivity index (χ4v) is 6.17. The van der Waals surface area contributed by atoms with E-state index in [2.05, 4.69) is 80.1 Å². The number of benzene rings is 3. The van der Waals surface area contributed by atoms with E-state index in [4.69, 9.17) is 4.42 Å². The number of carbonyl (C=O) groups excluding carboxylic acids is 2. The van der Waals surface area contributed by atoms with Crippen molar-refractivity contribution in [3.05, 3.63) is 83.7 Å². The lowest BCUT2D eigenvalue weighted by molar-refractivity contribution is -0.128. The molecule has 7 heteroatoms. The monoisotopic (exact) mass is 579 g/mol. The summed E-state index contributed by atoms with van der Waals surface area (Å²) in [5, 5.41) is 2.08. The maximum Gasteiger partial charge on any atom is 0.254 e. The van der Waals surface area contributed by atoms with Gasteiger partial charge >= 0.3 is 0 Å². The summed E-state index contributed by atoms with van der Waals surface area (Å²) < 4.78 is 8.95. The van der Waals surface area contributed by atoms with Crippen molar-refractivity contribution in [1.82, 2.24) is 14.4 Å². The molecule has 2 amide bonds. The van der Waals surface area contributed by atoms with Crippen molar-refractivity contribution in [3.8, 4) is 22.5 Å². The third-order valence-electron chi connectivity index (χ3n) is 8.59. The van der Waals surface area contributed by atoms with Gasteiger partial charge in [-0.15, -0.1) is 0 Å². The molecule has 43 heavy (non-hydrogen) atoms. The number of hydrogen-bond acceptors (Lipinski definition) is 4. The number of nitrogens with zero attached hydrogens (tertiary/aromatic N) is 4. The van der Waals surface area contributed by atoms with Crippen LogP contribution < -0.4 is 14.8 Å². The van der Waals surface area contributed by atoms with Crippen molar-refractivity contribution >= 4 is 28.5 Å². The second kappa shape index (κ2) is 12.9. The molecule has 224 valence electrons. The lowest BCUT2D eigenvalue weighted by Gasteiger charge is -2.35. The van der Waals surface area contributed by atoms with Crippen molar-refractivity contribution in [2.24, 2.45) is 0 Å². The summed E-state index contributed by atoms with van der Waals surface area (Å²) in [6, 6.07) is 20.7. The van der Waals surface area contributed by atoms with E-state index in [1.54, 1.807) is 11.8 Å². The van der Waals surface area contributed by atoms with E-state index in [-0.39, 0.29) is 11.8 Å². The van der Waals surface area contributed by atoms with Crippen LogP contribution in [-0.4, -0.2) is 74.0 Å². The highest BCUT2D eigenvalue weighted by Gasteiger charge is 2.28. The Morgan fingerprint density at radius 1 is 0.860 bits per heavy atom. The average molecular weight is 580 g/mol. The molecule has 2 aromatic carbocycles. The molecule has 7 nitrogen and oxygen atoms in total. The number of anilines is 1. The van der Waals surface area contributed by atoms with Crippen LogP contribution in [0.3, 0.4) is 0 Å². The molecule has 2 heterocycles. The minimum atomic E-state index is -0.0494. The van der Waals surface area contributed by atoms with Crippen LogP contribution in [0.5, 0.6) is 0 Å². The van der Waals surface area contributed by atoms with Gasteiger partial charge in [-0.1, -0.05) is 24.8 Å². The summed E-state index contributed by atoms with van der Waals surface area (Å²) in [5.74, 6) is 0.712. The molecule has 2 aromatic rings. The number of fused-ring (bicyclic) bond motifs is 2. The van der Waals surface area contributed by atoms with Crippen molar-refractivity contribution in [2.45, 2.75) is 34.6 Å². The number of hydrogen-bond donors (Lipinski definition) is 0. The van der Waals surface area contributed by atoms with E-state index in [1.165, 1.54) is 0 Å². The van der Waals surface area contributed by atoms with Crippen LogP contribution >= 0.6 is 0 Å². The molecule has 0 saturated carbocycles. The molecular formula is C36H43N4O3+. The smallest absolute Gasteiger partial charge is 0.254 e. The summed E-state index contributed by atoms with van der Waals surface area (Å²) in [5.41, 5.74) is 5.91. The molecule has 2 aliphatic heterocycles. The van der Waals surface area contributed by atoms with Crippen LogP contribution in [0.2, 0.25) is 0 Å². The zero-order valence-corrected chi connectivity index (χ0v) is 26.2. The van der Waals surface area contributed by atoms with E-state index in [1.807, 2.05) is 29.2 Å². The third-order valence-corrected chi connectivity index (χ3v) is 8.59. The highest BCUT2D eigenvalue weighted by atomic mass is 16.3. The van der Waals surface area contributed by atoms with E-state index >= 15 is 0 Å². The molecule has 5 rings (SSSR count). The largest absolute Gasteiger partial charge is 0.456 e. The summed E-state index contributed by atoms with van der Waals surface area (Å²) in [6.45, 7) is 19.7. The molecule has 0 radical (unpaired) electrons. The molecule has 0 unspecified atom stereocenters. The summed E-state index contributed by atoms with van der Waals surface area (Å²) in [4.78, 5) is 32.5. The first kappa shape index (κ1) is 30.1. The normalized spacial score (nSPS) is 13.4. The second-order valence-corrected chi connectivity index (χ2v) is 11.1. The van der Waals surface area contributed by atoms with Gasteiger partial charge in [0, 0.05) is 84.7 Å². The maximum absolute atomic E-state index is 14.1. The molecule has 1 aliphatic carbocycles. The van der Waals surface area contributed by atoms with Crippen LogP contribution in [0.1, 0.15) is 45.0 Å². The molecule has 1 saturated heterocycles. The number of amides is 2. The maximum atomic E-state index is 14.1. The highest BCUT2D eigenvalue weighted by molar-refractivity contribution is 6.09.